The average molecular weight is 304 g/mol. The van der Waals surface area contributed by atoms with Crippen molar-refractivity contribution in [3.8, 4) is 11.5 Å². The molecule has 0 aromatic heterocycles. The Hall–Kier alpha value is -2.78. The van der Waals surface area contributed by atoms with Crippen molar-refractivity contribution in [2.45, 2.75) is 6.10 Å². The minimum absolute atomic E-state index is 0.555. The monoisotopic (exact) mass is 304 g/mol. The third-order valence-corrected chi connectivity index (χ3v) is 4.09. The molecule has 0 bridgehead atoms. The first-order valence-electron chi connectivity index (χ1n) is 7.49. The van der Waals surface area contributed by atoms with Crippen LogP contribution < -0.4 is 9.47 Å². The van der Waals surface area contributed by atoms with Gasteiger partial charge in [0.25, 0.3) is 0 Å². The molecule has 1 aliphatic rings. The third-order valence-electron chi connectivity index (χ3n) is 4.09. The van der Waals surface area contributed by atoms with Gasteiger partial charge < -0.3 is 14.6 Å². The summed E-state index contributed by atoms with van der Waals surface area (Å²) in [6.07, 6.45) is 1.17. The Morgan fingerprint density at radius 2 is 1.78 bits per heavy atom. The van der Waals surface area contributed by atoms with Crippen LogP contribution in [-0.2, 0) is 0 Å². The van der Waals surface area contributed by atoms with Crippen molar-refractivity contribution < 1.29 is 14.6 Å². The fourth-order valence-electron chi connectivity index (χ4n) is 2.87. The molecule has 1 unspecified atom stereocenters. The van der Waals surface area contributed by atoms with Crippen molar-refractivity contribution in [2.24, 2.45) is 0 Å². The number of benzene rings is 3. The van der Waals surface area contributed by atoms with E-state index < -0.39 is 6.10 Å². The first-order valence-corrected chi connectivity index (χ1v) is 7.49. The molecule has 3 nitrogen and oxygen atoms in total. The Balaban J connectivity index is 1.70. The molecule has 0 saturated heterocycles. The van der Waals surface area contributed by atoms with Gasteiger partial charge in [-0.25, -0.2) is 0 Å². The molecule has 0 amide bonds. The Morgan fingerprint density at radius 1 is 1.00 bits per heavy atom. The molecule has 1 aliphatic heterocycles. The van der Waals surface area contributed by atoms with Crippen LogP contribution >= 0.6 is 0 Å². The molecule has 3 aromatic carbocycles. The molecule has 23 heavy (non-hydrogen) atoms. The van der Waals surface area contributed by atoms with Crippen LogP contribution in [0, 0.1) is 0 Å². The standard InChI is InChI=1S/C20H16O3/c1-22-16-9-8-14-10-13(6-7-15(14)12-16)11-19-20(21)17-4-2-3-5-18(17)23-19/h2-12,20-21H,1H3/b19-11+. The minimum Gasteiger partial charge on any atom is -0.497 e. The van der Waals surface area contributed by atoms with Gasteiger partial charge in [0.2, 0.25) is 0 Å². The lowest BCUT2D eigenvalue weighted by atomic mass is 10.0. The van der Waals surface area contributed by atoms with E-state index in [-0.39, 0.29) is 0 Å². The third kappa shape index (κ3) is 2.45. The summed E-state index contributed by atoms with van der Waals surface area (Å²) < 4.78 is 11.0. The molecule has 3 aromatic rings. The van der Waals surface area contributed by atoms with Crippen molar-refractivity contribution in [2.75, 3.05) is 7.11 Å². The molecule has 1 heterocycles. The summed E-state index contributed by atoms with van der Waals surface area (Å²) in [4.78, 5) is 0. The van der Waals surface area contributed by atoms with Crippen LogP contribution in [0.1, 0.15) is 17.2 Å². The van der Waals surface area contributed by atoms with Gasteiger partial charge in [-0.15, -0.1) is 0 Å². The van der Waals surface area contributed by atoms with Crippen molar-refractivity contribution in [1.29, 1.82) is 0 Å². The van der Waals surface area contributed by atoms with Gasteiger partial charge in [-0.1, -0.05) is 36.4 Å². The normalized spacial score (nSPS) is 18.0. The van der Waals surface area contributed by atoms with Gasteiger partial charge in [-0.2, -0.15) is 0 Å². The van der Waals surface area contributed by atoms with Crippen LogP contribution in [-0.4, -0.2) is 12.2 Å². The molecule has 1 N–H and O–H groups in total. The maximum Gasteiger partial charge on any atom is 0.140 e. The summed E-state index contributed by atoms with van der Waals surface area (Å²) >= 11 is 0. The highest BCUT2D eigenvalue weighted by Crippen LogP contribution is 2.39. The highest BCUT2D eigenvalue weighted by atomic mass is 16.5. The summed E-state index contributed by atoms with van der Waals surface area (Å²) in [5, 5.41) is 12.6. The summed E-state index contributed by atoms with van der Waals surface area (Å²) in [5.74, 6) is 2.12. The Morgan fingerprint density at radius 3 is 2.61 bits per heavy atom. The van der Waals surface area contributed by atoms with Gasteiger partial charge in [0.05, 0.1) is 7.11 Å². The fourth-order valence-corrected chi connectivity index (χ4v) is 2.87. The maximum atomic E-state index is 10.4. The number of hydrogen-bond donors (Lipinski definition) is 1. The summed E-state index contributed by atoms with van der Waals surface area (Å²) in [6, 6.07) is 19.6. The van der Waals surface area contributed by atoms with Crippen molar-refractivity contribution in [1.82, 2.24) is 0 Å². The molecule has 0 fully saturated rings. The molecule has 114 valence electrons. The van der Waals surface area contributed by atoms with E-state index in [1.807, 2.05) is 60.7 Å². The average Bonchev–Trinajstić information content (AvgIpc) is 2.90. The van der Waals surface area contributed by atoms with Gasteiger partial charge in [-0.3, -0.25) is 0 Å². The number of aliphatic hydroxyl groups is 1. The highest BCUT2D eigenvalue weighted by Gasteiger charge is 2.26. The number of hydrogen-bond acceptors (Lipinski definition) is 3. The molecule has 3 heteroatoms. The molecular weight excluding hydrogens is 288 g/mol. The molecule has 1 atom stereocenters. The van der Waals surface area contributed by atoms with Crippen molar-refractivity contribution in [3.63, 3.8) is 0 Å². The first kappa shape index (κ1) is 13.9. The lowest BCUT2D eigenvalue weighted by Crippen LogP contribution is -1.96. The van der Waals surface area contributed by atoms with Gasteiger partial charge in [0.1, 0.15) is 23.4 Å². The number of fused-ring (bicyclic) bond motifs is 2. The number of ether oxygens (including phenoxy) is 2. The predicted molar refractivity (Wildman–Crippen MR) is 90.5 cm³/mol. The number of para-hydroxylation sites is 1. The zero-order valence-corrected chi connectivity index (χ0v) is 12.7. The van der Waals surface area contributed by atoms with E-state index in [1.54, 1.807) is 7.11 Å². The second-order valence-electron chi connectivity index (χ2n) is 5.56. The first-order chi connectivity index (χ1) is 11.2. The lowest BCUT2D eigenvalue weighted by molar-refractivity contribution is 0.193. The van der Waals surface area contributed by atoms with E-state index in [2.05, 4.69) is 6.07 Å². The lowest BCUT2D eigenvalue weighted by Gasteiger charge is -2.06. The molecule has 4 rings (SSSR count). The van der Waals surface area contributed by atoms with E-state index in [0.717, 1.165) is 33.4 Å². The van der Waals surface area contributed by atoms with E-state index in [9.17, 15) is 5.11 Å². The summed E-state index contributed by atoms with van der Waals surface area (Å²) in [5.41, 5.74) is 1.80. The number of aliphatic hydroxyl groups excluding tert-OH is 1. The van der Waals surface area contributed by atoms with Crippen LogP contribution in [0.3, 0.4) is 0 Å². The molecule has 0 radical (unpaired) electrons. The largest absolute Gasteiger partial charge is 0.497 e. The second-order valence-corrected chi connectivity index (χ2v) is 5.56. The molecule has 0 aliphatic carbocycles. The quantitative estimate of drug-likeness (QED) is 0.766. The Kier molecular flexibility index (Phi) is 3.28. The SMILES string of the molecule is COc1ccc2cc(/C=C3/Oc4ccccc4C3O)ccc2c1. The summed E-state index contributed by atoms with van der Waals surface area (Å²) in [6.45, 7) is 0. The smallest absolute Gasteiger partial charge is 0.140 e. The maximum absolute atomic E-state index is 10.4. The fraction of sp³-hybridized carbons (Fsp3) is 0.100. The van der Waals surface area contributed by atoms with E-state index in [1.165, 1.54) is 0 Å². The number of methoxy groups -OCH3 is 1. The molecule has 0 saturated carbocycles. The Bertz CT molecular complexity index is 912. The van der Waals surface area contributed by atoms with Gasteiger partial charge in [0.15, 0.2) is 0 Å². The Labute approximate surface area is 134 Å². The van der Waals surface area contributed by atoms with Crippen LogP contribution in [0.4, 0.5) is 0 Å². The molecular formula is C20H16O3. The highest BCUT2D eigenvalue weighted by molar-refractivity contribution is 5.86. The van der Waals surface area contributed by atoms with Gasteiger partial charge in [-0.05, 0) is 46.7 Å². The van der Waals surface area contributed by atoms with E-state index >= 15 is 0 Å². The second kappa shape index (κ2) is 5.45. The van der Waals surface area contributed by atoms with Crippen LogP contribution in [0.25, 0.3) is 16.8 Å². The van der Waals surface area contributed by atoms with E-state index in [4.69, 9.17) is 9.47 Å². The van der Waals surface area contributed by atoms with Crippen LogP contribution in [0.2, 0.25) is 0 Å². The van der Waals surface area contributed by atoms with Crippen LogP contribution in [0.15, 0.2) is 66.4 Å². The zero-order chi connectivity index (χ0) is 15.8. The van der Waals surface area contributed by atoms with Crippen LogP contribution in [0.5, 0.6) is 11.5 Å². The summed E-state index contributed by atoms with van der Waals surface area (Å²) in [7, 11) is 1.66. The molecule has 0 spiro atoms. The topological polar surface area (TPSA) is 38.7 Å². The predicted octanol–water partition coefficient (Wildman–Crippen LogP) is 4.32. The number of rotatable bonds is 2. The minimum atomic E-state index is -0.710. The van der Waals surface area contributed by atoms with E-state index in [0.29, 0.717) is 5.76 Å². The van der Waals surface area contributed by atoms with Gasteiger partial charge >= 0.3 is 0 Å². The van der Waals surface area contributed by atoms with Crippen molar-refractivity contribution >= 4 is 16.8 Å². The van der Waals surface area contributed by atoms with Crippen molar-refractivity contribution in [3.05, 3.63) is 77.5 Å². The zero-order valence-electron chi connectivity index (χ0n) is 12.7. The van der Waals surface area contributed by atoms with Gasteiger partial charge in [0, 0.05) is 5.56 Å².